The minimum atomic E-state index is -4.58. The van der Waals surface area contributed by atoms with Crippen molar-refractivity contribution in [2.75, 3.05) is 17.6 Å². The Morgan fingerprint density at radius 1 is 1.23 bits per heavy atom. The SMILES string of the molecule is CC(C)(C)[S@@](=O)CCNC(=O)Nc1ccc(C(F)(F)F)nn1. The monoisotopic (exact) mass is 338 g/mol. The third kappa shape index (κ3) is 5.96. The second-order valence-corrected chi connectivity index (χ2v) is 7.67. The van der Waals surface area contributed by atoms with Gasteiger partial charge in [-0.25, -0.2) is 4.79 Å². The maximum absolute atomic E-state index is 12.3. The Morgan fingerprint density at radius 2 is 1.86 bits per heavy atom. The number of halogens is 3. The number of hydrogen-bond donors (Lipinski definition) is 2. The van der Waals surface area contributed by atoms with Crippen LogP contribution >= 0.6 is 0 Å². The van der Waals surface area contributed by atoms with E-state index in [4.69, 9.17) is 0 Å². The summed E-state index contributed by atoms with van der Waals surface area (Å²) in [7, 11) is -1.11. The van der Waals surface area contributed by atoms with Crippen molar-refractivity contribution in [3.8, 4) is 0 Å². The fraction of sp³-hybridized carbons (Fsp3) is 0.583. The lowest BCUT2D eigenvalue weighted by Crippen LogP contribution is -2.35. The molecule has 0 bridgehead atoms. The van der Waals surface area contributed by atoms with Crippen LogP contribution in [0.4, 0.5) is 23.8 Å². The molecule has 2 N–H and O–H groups in total. The summed E-state index contributed by atoms with van der Waals surface area (Å²) in [4.78, 5) is 11.5. The summed E-state index contributed by atoms with van der Waals surface area (Å²) in [5.74, 6) is 0.165. The van der Waals surface area contributed by atoms with Crippen LogP contribution in [0.2, 0.25) is 0 Å². The molecule has 0 radical (unpaired) electrons. The fourth-order valence-corrected chi connectivity index (χ4v) is 2.17. The van der Waals surface area contributed by atoms with Gasteiger partial charge in [-0.2, -0.15) is 13.2 Å². The topological polar surface area (TPSA) is 84.0 Å². The van der Waals surface area contributed by atoms with Crippen LogP contribution in [0.25, 0.3) is 0 Å². The number of amides is 2. The number of aromatic nitrogens is 2. The zero-order chi connectivity index (χ0) is 17.0. The van der Waals surface area contributed by atoms with Crippen LogP contribution in [0, 0.1) is 0 Å². The van der Waals surface area contributed by atoms with Gasteiger partial charge in [-0.3, -0.25) is 9.53 Å². The molecule has 0 aliphatic rings. The molecule has 0 aromatic carbocycles. The van der Waals surface area contributed by atoms with Crippen LogP contribution in [0.1, 0.15) is 26.5 Å². The van der Waals surface area contributed by atoms with Crippen molar-refractivity contribution in [2.24, 2.45) is 0 Å². The molecular weight excluding hydrogens is 321 g/mol. The van der Waals surface area contributed by atoms with E-state index in [1.165, 1.54) is 0 Å². The molecule has 10 heteroatoms. The van der Waals surface area contributed by atoms with E-state index in [0.29, 0.717) is 0 Å². The Morgan fingerprint density at radius 3 is 2.32 bits per heavy atom. The van der Waals surface area contributed by atoms with Gasteiger partial charge in [-0.05, 0) is 32.9 Å². The Bertz CT molecular complexity index is 541. The Labute approximate surface area is 128 Å². The summed E-state index contributed by atoms with van der Waals surface area (Å²) in [6.45, 7) is 5.63. The van der Waals surface area contributed by atoms with Crippen molar-refractivity contribution < 1.29 is 22.2 Å². The molecule has 0 aliphatic heterocycles. The zero-order valence-corrected chi connectivity index (χ0v) is 13.1. The summed E-state index contributed by atoms with van der Waals surface area (Å²) in [5, 5.41) is 10.9. The number of hydrogen-bond acceptors (Lipinski definition) is 4. The van der Waals surface area contributed by atoms with E-state index in [9.17, 15) is 22.2 Å². The van der Waals surface area contributed by atoms with Crippen LogP contribution in [0.5, 0.6) is 0 Å². The largest absolute Gasteiger partial charge is 0.435 e. The zero-order valence-electron chi connectivity index (χ0n) is 12.3. The molecule has 0 aliphatic carbocycles. The maximum Gasteiger partial charge on any atom is 0.435 e. The van der Waals surface area contributed by atoms with Gasteiger partial charge in [0.1, 0.15) is 0 Å². The minimum Gasteiger partial charge on any atom is -0.337 e. The second-order valence-electron chi connectivity index (χ2n) is 5.34. The number of carbonyl (C=O) groups is 1. The van der Waals surface area contributed by atoms with Gasteiger partial charge >= 0.3 is 12.2 Å². The molecule has 1 atom stereocenters. The van der Waals surface area contributed by atoms with E-state index >= 15 is 0 Å². The highest BCUT2D eigenvalue weighted by molar-refractivity contribution is 7.86. The van der Waals surface area contributed by atoms with Gasteiger partial charge in [0.15, 0.2) is 11.5 Å². The molecule has 2 amide bonds. The molecule has 0 saturated carbocycles. The highest BCUT2D eigenvalue weighted by atomic mass is 32.2. The molecule has 0 spiro atoms. The number of nitrogens with one attached hydrogen (secondary N) is 2. The van der Waals surface area contributed by atoms with Crippen LogP contribution in [0.15, 0.2) is 12.1 Å². The normalized spacial score (nSPS) is 13.5. The Kier molecular flexibility index (Phi) is 5.86. The number of urea groups is 1. The fourth-order valence-electron chi connectivity index (χ4n) is 1.27. The molecule has 1 aromatic rings. The smallest absolute Gasteiger partial charge is 0.337 e. The summed E-state index contributed by atoms with van der Waals surface area (Å²) in [5.41, 5.74) is -1.14. The van der Waals surface area contributed by atoms with Gasteiger partial charge in [0.25, 0.3) is 0 Å². The van der Waals surface area contributed by atoms with Gasteiger partial charge in [0.2, 0.25) is 0 Å². The first-order chi connectivity index (χ1) is 10.00. The van der Waals surface area contributed by atoms with Crippen molar-refractivity contribution in [3.63, 3.8) is 0 Å². The van der Waals surface area contributed by atoms with Gasteiger partial charge in [0.05, 0.1) is 0 Å². The lowest BCUT2D eigenvalue weighted by molar-refractivity contribution is -0.141. The molecular formula is C12H17F3N4O2S. The number of alkyl halides is 3. The second kappa shape index (κ2) is 7.03. The molecule has 1 rings (SSSR count). The third-order valence-corrected chi connectivity index (χ3v) is 4.39. The molecule has 6 nitrogen and oxygen atoms in total. The molecule has 1 heterocycles. The van der Waals surface area contributed by atoms with Crippen molar-refractivity contribution in [3.05, 3.63) is 17.8 Å². The van der Waals surface area contributed by atoms with Gasteiger partial charge in [-0.1, -0.05) is 0 Å². The van der Waals surface area contributed by atoms with Gasteiger partial charge in [-0.15, -0.1) is 10.2 Å². The molecule has 0 saturated heterocycles. The van der Waals surface area contributed by atoms with E-state index in [0.717, 1.165) is 12.1 Å². The summed E-state index contributed by atoms with van der Waals surface area (Å²) >= 11 is 0. The van der Waals surface area contributed by atoms with Crippen LogP contribution in [-0.4, -0.2) is 37.5 Å². The lowest BCUT2D eigenvalue weighted by atomic mass is 10.3. The van der Waals surface area contributed by atoms with Crippen molar-refractivity contribution in [2.45, 2.75) is 31.7 Å². The average molecular weight is 338 g/mol. The van der Waals surface area contributed by atoms with Crippen LogP contribution in [0.3, 0.4) is 0 Å². The Hall–Kier alpha value is -1.71. The average Bonchev–Trinajstić information content (AvgIpc) is 2.37. The van der Waals surface area contributed by atoms with Crippen molar-refractivity contribution in [1.82, 2.24) is 15.5 Å². The summed E-state index contributed by atoms with van der Waals surface area (Å²) < 4.78 is 48.2. The standard InChI is InChI=1S/C12H17F3N4O2S/c1-11(2,3)22(21)7-6-16-10(20)17-9-5-4-8(18-19-9)12(13,14)15/h4-5H,6-7H2,1-3H3,(H2,16,17,19,20)/t22-/m0/s1. The van der Waals surface area contributed by atoms with Crippen LogP contribution < -0.4 is 10.6 Å². The minimum absolute atomic E-state index is 0.109. The van der Waals surface area contributed by atoms with Crippen molar-refractivity contribution in [1.29, 1.82) is 0 Å². The van der Waals surface area contributed by atoms with E-state index < -0.39 is 28.7 Å². The highest BCUT2D eigenvalue weighted by Gasteiger charge is 2.32. The molecule has 22 heavy (non-hydrogen) atoms. The van der Waals surface area contributed by atoms with Gasteiger partial charge < -0.3 is 5.32 Å². The van der Waals surface area contributed by atoms with E-state index in [1.807, 2.05) is 20.8 Å². The number of anilines is 1. The highest BCUT2D eigenvalue weighted by Crippen LogP contribution is 2.26. The predicted molar refractivity (Wildman–Crippen MR) is 76.8 cm³/mol. The quantitative estimate of drug-likeness (QED) is 0.881. The number of nitrogens with zero attached hydrogens (tertiary/aromatic N) is 2. The number of carbonyl (C=O) groups excluding carboxylic acids is 1. The molecule has 0 unspecified atom stereocenters. The first kappa shape index (κ1) is 18.3. The lowest BCUT2D eigenvalue weighted by Gasteiger charge is -2.17. The van der Waals surface area contributed by atoms with E-state index in [1.54, 1.807) is 0 Å². The first-order valence-corrected chi connectivity index (χ1v) is 7.66. The summed E-state index contributed by atoms with van der Waals surface area (Å²) in [6.07, 6.45) is -4.58. The number of rotatable bonds is 4. The summed E-state index contributed by atoms with van der Waals surface area (Å²) in [6, 6.07) is 1.07. The first-order valence-electron chi connectivity index (χ1n) is 6.34. The third-order valence-electron chi connectivity index (χ3n) is 2.45. The van der Waals surface area contributed by atoms with E-state index in [2.05, 4.69) is 20.8 Å². The maximum atomic E-state index is 12.3. The predicted octanol–water partition coefficient (Wildman–Crippen LogP) is 2.16. The molecule has 124 valence electrons. The Balaban J connectivity index is 2.44. The van der Waals surface area contributed by atoms with Crippen LogP contribution in [-0.2, 0) is 17.0 Å². The van der Waals surface area contributed by atoms with E-state index in [-0.39, 0.29) is 22.9 Å². The van der Waals surface area contributed by atoms with Crippen molar-refractivity contribution >= 4 is 22.6 Å². The van der Waals surface area contributed by atoms with Gasteiger partial charge in [0, 0.05) is 27.8 Å². The molecule has 0 fully saturated rings. The molecule has 1 aromatic heterocycles.